The van der Waals surface area contributed by atoms with Gasteiger partial charge in [0.15, 0.2) is 0 Å². The van der Waals surface area contributed by atoms with Gasteiger partial charge < -0.3 is 15.5 Å². The quantitative estimate of drug-likeness (QED) is 0.362. The summed E-state index contributed by atoms with van der Waals surface area (Å²) in [4.78, 5) is 22.5. The van der Waals surface area contributed by atoms with Gasteiger partial charge in [-0.1, -0.05) is 47.8 Å². The van der Waals surface area contributed by atoms with Gasteiger partial charge in [-0.3, -0.25) is 14.7 Å². The van der Waals surface area contributed by atoms with E-state index in [1.54, 1.807) is 12.1 Å². The van der Waals surface area contributed by atoms with Crippen LogP contribution in [0, 0.1) is 0 Å². The molecule has 2 aliphatic heterocycles. The molecule has 2 aromatic rings. The Labute approximate surface area is 225 Å². The Balaban J connectivity index is 1.32. The zero-order chi connectivity index (χ0) is 25.3. The molecular formula is C28H37Cl2N5O. The number of nitrogens with one attached hydrogen (secondary N) is 2. The molecule has 0 radical (unpaired) electrons. The molecule has 6 nitrogen and oxygen atoms in total. The van der Waals surface area contributed by atoms with Gasteiger partial charge >= 0.3 is 0 Å². The molecule has 2 heterocycles. The second-order valence-corrected chi connectivity index (χ2v) is 10.7. The van der Waals surface area contributed by atoms with Crippen LogP contribution in [-0.2, 0) is 17.8 Å². The van der Waals surface area contributed by atoms with Gasteiger partial charge in [0.2, 0.25) is 5.91 Å². The van der Waals surface area contributed by atoms with Gasteiger partial charge in [0.05, 0.1) is 13.1 Å². The summed E-state index contributed by atoms with van der Waals surface area (Å²) < 4.78 is 0. The molecule has 0 bridgehead atoms. The Morgan fingerprint density at radius 1 is 1.08 bits per heavy atom. The summed E-state index contributed by atoms with van der Waals surface area (Å²) in [5, 5.41) is 7.70. The first kappa shape index (κ1) is 26.9. The predicted octanol–water partition coefficient (Wildman–Crippen LogP) is 5.24. The molecule has 0 spiro atoms. The van der Waals surface area contributed by atoms with E-state index in [2.05, 4.69) is 27.4 Å². The Morgan fingerprint density at radius 3 is 2.58 bits per heavy atom. The zero-order valence-corrected chi connectivity index (χ0v) is 22.6. The van der Waals surface area contributed by atoms with Crippen molar-refractivity contribution in [2.75, 3.05) is 44.6 Å². The molecule has 4 rings (SSSR count). The SMILES string of the molecule is C[C@H]1CN(C(CN2CCCCC2)=NCc2ccc(NC(=O)CCc3ccc(Cl)cc3Cl)cc2)CCN1. The van der Waals surface area contributed by atoms with Crippen molar-refractivity contribution in [1.29, 1.82) is 0 Å². The van der Waals surface area contributed by atoms with Crippen molar-refractivity contribution >= 4 is 40.6 Å². The molecule has 2 fully saturated rings. The Morgan fingerprint density at radius 2 is 1.86 bits per heavy atom. The number of piperidine rings is 1. The molecule has 0 saturated carbocycles. The smallest absolute Gasteiger partial charge is 0.224 e. The second-order valence-electron chi connectivity index (χ2n) is 9.85. The average Bonchev–Trinajstić information content (AvgIpc) is 2.87. The molecule has 2 saturated heterocycles. The van der Waals surface area contributed by atoms with E-state index in [1.807, 2.05) is 30.3 Å². The van der Waals surface area contributed by atoms with E-state index in [4.69, 9.17) is 28.2 Å². The normalized spacial score (nSPS) is 19.4. The lowest BCUT2D eigenvalue weighted by Gasteiger charge is -2.37. The number of hydrogen-bond acceptors (Lipinski definition) is 4. The summed E-state index contributed by atoms with van der Waals surface area (Å²) in [5.74, 6) is 1.16. The number of rotatable bonds is 8. The van der Waals surface area contributed by atoms with Crippen molar-refractivity contribution in [1.82, 2.24) is 15.1 Å². The number of halogens is 2. The Hall–Kier alpha value is -2.12. The third-order valence-corrected chi connectivity index (χ3v) is 7.45. The standard InChI is InChI=1S/C28H37Cl2N5O/c1-21-19-35(16-13-31-21)27(20-34-14-3-2-4-15-34)32-18-22-5-10-25(11-6-22)33-28(36)12-8-23-7-9-24(29)17-26(23)30/h5-7,9-11,17,21,31H,2-4,8,12-16,18-20H2,1H3,(H,33,36)/t21-/m0/s1. The lowest BCUT2D eigenvalue weighted by Crippen LogP contribution is -2.53. The van der Waals surface area contributed by atoms with Crippen molar-refractivity contribution < 1.29 is 4.79 Å². The van der Waals surface area contributed by atoms with Crippen LogP contribution in [0.5, 0.6) is 0 Å². The molecule has 194 valence electrons. The third-order valence-electron chi connectivity index (χ3n) is 6.87. The number of amidine groups is 1. The van der Waals surface area contributed by atoms with E-state index in [-0.39, 0.29) is 5.91 Å². The maximum absolute atomic E-state index is 12.4. The van der Waals surface area contributed by atoms with E-state index in [0.717, 1.165) is 43.0 Å². The minimum Gasteiger partial charge on any atom is -0.356 e. The van der Waals surface area contributed by atoms with E-state index in [0.29, 0.717) is 35.5 Å². The first-order chi connectivity index (χ1) is 17.5. The fourth-order valence-electron chi connectivity index (χ4n) is 4.81. The lowest BCUT2D eigenvalue weighted by atomic mass is 10.1. The summed E-state index contributed by atoms with van der Waals surface area (Å²) >= 11 is 12.2. The molecular weight excluding hydrogens is 493 g/mol. The number of hydrogen-bond donors (Lipinski definition) is 2. The number of aliphatic imine (C=N–C) groups is 1. The number of piperazine rings is 1. The van der Waals surface area contributed by atoms with Crippen molar-refractivity contribution in [3.63, 3.8) is 0 Å². The van der Waals surface area contributed by atoms with Crippen LogP contribution < -0.4 is 10.6 Å². The molecule has 2 aromatic carbocycles. The molecule has 36 heavy (non-hydrogen) atoms. The number of amides is 1. The molecule has 0 aliphatic carbocycles. The van der Waals surface area contributed by atoms with Gasteiger partial charge in [0.1, 0.15) is 5.84 Å². The highest BCUT2D eigenvalue weighted by atomic mass is 35.5. The predicted molar refractivity (Wildman–Crippen MR) is 150 cm³/mol. The number of aryl methyl sites for hydroxylation is 1. The summed E-state index contributed by atoms with van der Waals surface area (Å²) in [5.41, 5.74) is 2.85. The van der Waals surface area contributed by atoms with Crippen LogP contribution in [-0.4, -0.2) is 66.9 Å². The van der Waals surface area contributed by atoms with Crippen LogP contribution in [0.4, 0.5) is 5.69 Å². The molecule has 1 amide bonds. The van der Waals surface area contributed by atoms with Crippen molar-refractivity contribution in [3.8, 4) is 0 Å². The average molecular weight is 531 g/mol. The van der Waals surface area contributed by atoms with Gasteiger partial charge in [0, 0.05) is 47.8 Å². The van der Waals surface area contributed by atoms with Crippen LogP contribution in [0.1, 0.15) is 43.7 Å². The fourth-order valence-corrected chi connectivity index (χ4v) is 5.31. The molecule has 0 unspecified atom stereocenters. The molecule has 8 heteroatoms. The van der Waals surface area contributed by atoms with Gasteiger partial charge in [-0.25, -0.2) is 0 Å². The van der Waals surface area contributed by atoms with Crippen molar-refractivity contribution in [2.24, 2.45) is 4.99 Å². The first-order valence-corrected chi connectivity index (χ1v) is 13.8. The number of nitrogens with zero attached hydrogens (tertiary/aromatic N) is 3. The van der Waals surface area contributed by atoms with Crippen LogP contribution >= 0.6 is 23.2 Å². The van der Waals surface area contributed by atoms with Crippen LogP contribution in [0.25, 0.3) is 0 Å². The maximum atomic E-state index is 12.4. The number of likely N-dealkylation sites (tertiary alicyclic amines) is 1. The summed E-state index contributed by atoms with van der Waals surface area (Å²) in [6.45, 7) is 9.14. The number of carbonyl (C=O) groups excluding carboxylic acids is 1. The maximum Gasteiger partial charge on any atom is 0.224 e. The number of benzene rings is 2. The largest absolute Gasteiger partial charge is 0.356 e. The van der Waals surface area contributed by atoms with Crippen molar-refractivity contribution in [3.05, 3.63) is 63.6 Å². The zero-order valence-electron chi connectivity index (χ0n) is 21.1. The van der Waals surface area contributed by atoms with Gasteiger partial charge in [-0.15, -0.1) is 0 Å². The highest BCUT2D eigenvalue weighted by molar-refractivity contribution is 6.35. The van der Waals surface area contributed by atoms with E-state index >= 15 is 0 Å². The lowest BCUT2D eigenvalue weighted by molar-refractivity contribution is -0.116. The minimum absolute atomic E-state index is 0.0385. The fraction of sp³-hybridized carbons (Fsp3) is 0.500. The topological polar surface area (TPSA) is 60.0 Å². The number of carbonyl (C=O) groups is 1. The molecule has 2 aliphatic rings. The summed E-state index contributed by atoms with van der Waals surface area (Å²) in [6, 6.07) is 13.9. The van der Waals surface area contributed by atoms with E-state index in [1.165, 1.54) is 38.2 Å². The van der Waals surface area contributed by atoms with Crippen LogP contribution in [0.15, 0.2) is 47.5 Å². The molecule has 1 atom stereocenters. The van der Waals surface area contributed by atoms with E-state index < -0.39 is 0 Å². The third kappa shape index (κ3) is 8.20. The first-order valence-electron chi connectivity index (χ1n) is 13.0. The summed E-state index contributed by atoms with van der Waals surface area (Å²) in [7, 11) is 0. The Kier molecular flexibility index (Phi) is 10.0. The second kappa shape index (κ2) is 13.4. The minimum atomic E-state index is -0.0385. The summed E-state index contributed by atoms with van der Waals surface area (Å²) in [6.07, 6.45) is 4.83. The monoisotopic (exact) mass is 529 g/mol. The van der Waals surface area contributed by atoms with Gasteiger partial charge in [-0.05, 0) is 74.7 Å². The number of anilines is 1. The van der Waals surface area contributed by atoms with Crippen molar-refractivity contribution in [2.45, 2.75) is 51.6 Å². The van der Waals surface area contributed by atoms with Gasteiger partial charge in [-0.2, -0.15) is 0 Å². The Bertz CT molecular complexity index is 1040. The van der Waals surface area contributed by atoms with Crippen LogP contribution in [0.2, 0.25) is 10.0 Å². The highest BCUT2D eigenvalue weighted by Crippen LogP contribution is 2.22. The molecule has 0 aromatic heterocycles. The molecule has 2 N–H and O–H groups in total. The highest BCUT2D eigenvalue weighted by Gasteiger charge is 2.21. The van der Waals surface area contributed by atoms with Crippen LogP contribution in [0.3, 0.4) is 0 Å². The van der Waals surface area contributed by atoms with Gasteiger partial charge in [0.25, 0.3) is 0 Å². The van der Waals surface area contributed by atoms with E-state index in [9.17, 15) is 4.79 Å².